The Morgan fingerprint density at radius 1 is 1.14 bits per heavy atom. The lowest BCUT2D eigenvalue weighted by molar-refractivity contribution is 0.646. The summed E-state index contributed by atoms with van der Waals surface area (Å²) in [5.74, 6) is 0.647. The van der Waals surface area contributed by atoms with Gasteiger partial charge in [0.2, 0.25) is 0 Å². The van der Waals surface area contributed by atoms with Crippen molar-refractivity contribution in [2.24, 2.45) is 11.7 Å². The fourth-order valence-electron chi connectivity index (χ4n) is 2.76. The first-order valence-electron chi connectivity index (χ1n) is 7.42. The van der Waals surface area contributed by atoms with Gasteiger partial charge in [0.15, 0.2) is 0 Å². The molecule has 0 radical (unpaired) electrons. The van der Waals surface area contributed by atoms with E-state index in [1.807, 2.05) is 29.0 Å². The maximum Gasteiger partial charge on any atom is 0.0712 e. The lowest BCUT2D eigenvalue weighted by Gasteiger charge is -2.13. The number of aromatic nitrogens is 2. The smallest absolute Gasteiger partial charge is 0.0712 e. The summed E-state index contributed by atoms with van der Waals surface area (Å²) in [7, 11) is 0. The van der Waals surface area contributed by atoms with Gasteiger partial charge in [-0.25, -0.2) is 4.52 Å². The Balaban J connectivity index is 1.96. The summed E-state index contributed by atoms with van der Waals surface area (Å²) in [5, 5.41) is 4.37. The Morgan fingerprint density at radius 2 is 2.00 bits per heavy atom. The van der Waals surface area contributed by atoms with Crippen LogP contribution < -0.4 is 5.73 Å². The van der Waals surface area contributed by atoms with Gasteiger partial charge >= 0.3 is 0 Å². The van der Waals surface area contributed by atoms with E-state index in [1.54, 1.807) is 0 Å². The molecule has 3 nitrogen and oxygen atoms in total. The van der Waals surface area contributed by atoms with Crippen molar-refractivity contribution in [3.05, 3.63) is 71.5 Å². The lowest BCUT2D eigenvalue weighted by Crippen LogP contribution is -2.12. The average molecular weight is 279 g/mol. The van der Waals surface area contributed by atoms with Crippen LogP contribution in [-0.4, -0.2) is 9.61 Å². The first-order chi connectivity index (χ1) is 10.1. The van der Waals surface area contributed by atoms with E-state index >= 15 is 0 Å². The van der Waals surface area contributed by atoms with E-state index in [2.05, 4.69) is 49.3 Å². The van der Waals surface area contributed by atoms with Crippen LogP contribution in [0.1, 0.15) is 36.6 Å². The van der Waals surface area contributed by atoms with Crippen molar-refractivity contribution in [3.8, 4) is 0 Å². The Morgan fingerprint density at radius 3 is 2.81 bits per heavy atom. The Bertz CT molecular complexity index is 743. The fourth-order valence-corrected chi connectivity index (χ4v) is 2.76. The Hall–Kier alpha value is -2.13. The predicted octanol–water partition coefficient (Wildman–Crippen LogP) is 3.58. The van der Waals surface area contributed by atoms with E-state index < -0.39 is 0 Å². The third-order valence-corrected chi connectivity index (χ3v) is 3.75. The molecule has 2 aromatic heterocycles. The minimum Gasteiger partial charge on any atom is -0.320 e. The standard InChI is InChI=1S/C18H21N3/c1-13(2)10-14-6-5-7-15(11-14)18(19)16-12-20-21-9-4-3-8-17(16)21/h3-9,11-13,18H,10,19H2,1-2H3. The number of benzene rings is 1. The van der Waals surface area contributed by atoms with E-state index in [9.17, 15) is 0 Å². The first-order valence-corrected chi connectivity index (χ1v) is 7.42. The van der Waals surface area contributed by atoms with Gasteiger partial charge in [0.1, 0.15) is 0 Å². The van der Waals surface area contributed by atoms with Gasteiger partial charge in [-0.3, -0.25) is 0 Å². The zero-order chi connectivity index (χ0) is 14.8. The topological polar surface area (TPSA) is 43.3 Å². The molecule has 108 valence electrons. The molecule has 1 atom stereocenters. The minimum atomic E-state index is -0.142. The van der Waals surface area contributed by atoms with Crippen LogP contribution in [0.2, 0.25) is 0 Å². The predicted molar refractivity (Wildman–Crippen MR) is 86.2 cm³/mol. The van der Waals surface area contributed by atoms with Crippen LogP contribution in [0.25, 0.3) is 5.52 Å². The molecule has 3 heteroatoms. The van der Waals surface area contributed by atoms with Gasteiger partial charge in [-0.15, -0.1) is 0 Å². The molecule has 1 aromatic carbocycles. The molecule has 0 amide bonds. The molecule has 21 heavy (non-hydrogen) atoms. The highest BCUT2D eigenvalue weighted by Crippen LogP contribution is 2.24. The van der Waals surface area contributed by atoms with Gasteiger partial charge in [-0.05, 0) is 35.6 Å². The zero-order valence-electron chi connectivity index (χ0n) is 12.5. The quantitative estimate of drug-likeness (QED) is 0.793. The molecular weight excluding hydrogens is 258 g/mol. The molecule has 0 saturated carbocycles. The maximum atomic E-state index is 6.47. The van der Waals surface area contributed by atoms with Crippen molar-refractivity contribution in [1.82, 2.24) is 9.61 Å². The van der Waals surface area contributed by atoms with Gasteiger partial charge in [-0.2, -0.15) is 5.10 Å². The molecule has 2 heterocycles. The van der Waals surface area contributed by atoms with Crippen LogP contribution in [-0.2, 0) is 6.42 Å². The number of pyridine rings is 1. The van der Waals surface area contributed by atoms with Gasteiger partial charge in [-0.1, -0.05) is 44.2 Å². The second-order valence-corrected chi connectivity index (χ2v) is 5.95. The van der Waals surface area contributed by atoms with Crippen molar-refractivity contribution in [2.45, 2.75) is 26.3 Å². The van der Waals surface area contributed by atoms with Crippen LogP contribution in [0.3, 0.4) is 0 Å². The molecular formula is C18H21N3. The summed E-state index contributed by atoms with van der Waals surface area (Å²) in [6.07, 6.45) is 4.89. The van der Waals surface area contributed by atoms with E-state index in [-0.39, 0.29) is 6.04 Å². The molecule has 0 bridgehead atoms. The van der Waals surface area contributed by atoms with E-state index in [0.29, 0.717) is 5.92 Å². The molecule has 0 spiro atoms. The number of hydrogen-bond donors (Lipinski definition) is 1. The largest absolute Gasteiger partial charge is 0.320 e. The number of fused-ring (bicyclic) bond motifs is 1. The van der Waals surface area contributed by atoms with Crippen LogP contribution >= 0.6 is 0 Å². The molecule has 3 aromatic rings. The molecule has 0 fully saturated rings. The third-order valence-electron chi connectivity index (χ3n) is 3.75. The van der Waals surface area contributed by atoms with Crippen LogP contribution in [0.5, 0.6) is 0 Å². The van der Waals surface area contributed by atoms with E-state index in [4.69, 9.17) is 5.73 Å². The second kappa shape index (κ2) is 5.70. The van der Waals surface area contributed by atoms with Gasteiger partial charge in [0.05, 0.1) is 17.8 Å². The highest BCUT2D eigenvalue weighted by atomic mass is 15.2. The Labute approximate surface area is 125 Å². The SMILES string of the molecule is CC(C)Cc1cccc(C(N)c2cnn3ccccc23)c1. The van der Waals surface area contributed by atoms with Crippen LogP contribution in [0.4, 0.5) is 0 Å². The molecule has 2 N–H and O–H groups in total. The number of hydrogen-bond acceptors (Lipinski definition) is 2. The van der Waals surface area contributed by atoms with E-state index in [1.165, 1.54) is 5.56 Å². The van der Waals surface area contributed by atoms with Gasteiger partial charge < -0.3 is 5.73 Å². The highest BCUT2D eigenvalue weighted by molar-refractivity contribution is 5.57. The summed E-state index contributed by atoms with van der Waals surface area (Å²) < 4.78 is 1.87. The lowest BCUT2D eigenvalue weighted by atomic mass is 9.96. The van der Waals surface area contributed by atoms with Gasteiger partial charge in [0.25, 0.3) is 0 Å². The second-order valence-electron chi connectivity index (χ2n) is 5.95. The molecule has 0 aliphatic carbocycles. The summed E-state index contributed by atoms with van der Waals surface area (Å²) in [6.45, 7) is 4.47. The first kappa shape index (κ1) is 13.8. The molecule has 0 aliphatic rings. The normalized spacial score (nSPS) is 13.0. The van der Waals surface area contributed by atoms with Crippen molar-refractivity contribution in [1.29, 1.82) is 0 Å². The average Bonchev–Trinajstić information content (AvgIpc) is 2.90. The maximum absolute atomic E-state index is 6.47. The molecule has 0 aliphatic heterocycles. The monoisotopic (exact) mass is 279 g/mol. The van der Waals surface area contributed by atoms with Crippen molar-refractivity contribution < 1.29 is 0 Å². The summed E-state index contributed by atoms with van der Waals surface area (Å²) in [5.41, 5.74) is 11.1. The van der Waals surface area contributed by atoms with Crippen molar-refractivity contribution >= 4 is 5.52 Å². The molecule has 3 rings (SSSR count). The van der Waals surface area contributed by atoms with E-state index in [0.717, 1.165) is 23.1 Å². The van der Waals surface area contributed by atoms with Crippen molar-refractivity contribution in [2.75, 3.05) is 0 Å². The van der Waals surface area contributed by atoms with Crippen molar-refractivity contribution in [3.63, 3.8) is 0 Å². The van der Waals surface area contributed by atoms with Gasteiger partial charge in [0, 0.05) is 11.8 Å². The number of nitrogens with zero attached hydrogens (tertiary/aromatic N) is 2. The molecule has 1 unspecified atom stereocenters. The zero-order valence-corrected chi connectivity index (χ0v) is 12.5. The van der Waals surface area contributed by atoms with Crippen LogP contribution in [0.15, 0.2) is 54.9 Å². The Kier molecular flexibility index (Phi) is 3.76. The van der Waals surface area contributed by atoms with Crippen LogP contribution in [0, 0.1) is 5.92 Å². The number of rotatable bonds is 4. The minimum absolute atomic E-state index is 0.142. The summed E-state index contributed by atoms with van der Waals surface area (Å²) in [4.78, 5) is 0. The highest BCUT2D eigenvalue weighted by Gasteiger charge is 2.14. The summed E-state index contributed by atoms with van der Waals surface area (Å²) in [6, 6.07) is 14.5. The fraction of sp³-hybridized carbons (Fsp3) is 0.278. The number of nitrogens with two attached hydrogens (primary N) is 1. The third kappa shape index (κ3) is 2.83. The summed E-state index contributed by atoms with van der Waals surface area (Å²) >= 11 is 0. The molecule has 0 saturated heterocycles.